The van der Waals surface area contributed by atoms with E-state index in [0.717, 1.165) is 5.69 Å². The molecule has 1 atom stereocenters. The summed E-state index contributed by atoms with van der Waals surface area (Å²) >= 11 is 2.42. The van der Waals surface area contributed by atoms with Crippen LogP contribution < -0.4 is 10.2 Å². The quantitative estimate of drug-likeness (QED) is 0.502. The van der Waals surface area contributed by atoms with Gasteiger partial charge in [-0.15, -0.1) is 0 Å². The van der Waals surface area contributed by atoms with Gasteiger partial charge in [0.05, 0.1) is 0 Å². The predicted octanol–water partition coefficient (Wildman–Crippen LogP) is 4.30. The molecule has 2 aromatic carbocycles. The fraction of sp³-hybridized carbons (Fsp3) is 0.200. The molecule has 94 valence electrons. The predicted molar refractivity (Wildman–Crippen MR) is 87.6 cm³/mol. The molecule has 0 aromatic heterocycles. The van der Waals surface area contributed by atoms with E-state index in [0.29, 0.717) is 0 Å². The fourth-order valence-electron chi connectivity index (χ4n) is 1.71. The van der Waals surface area contributed by atoms with E-state index < -0.39 is 0 Å². The van der Waals surface area contributed by atoms with Gasteiger partial charge in [0.1, 0.15) is 4.05 Å². The summed E-state index contributed by atoms with van der Waals surface area (Å²) < 4.78 is 0.279. The van der Waals surface area contributed by atoms with E-state index in [9.17, 15) is 0 Å². The summed E-state index contributed by atoms with van der Waals surface area (Å²) in [6.45, 7) is 0. The first-order valence-corrected chi connectivity index (χ1v) is 7.14. The van der Waals surface area contributed by atoms with Crippen molar-refractivity contribution in [2.75, 3.05) is 24.3 Å². The van der Waals surface area contributed by atoms with Crippen LogP contribution in [-0.4, -0.2) is 14.1 Å². The summed E-state index contributed by atoms with van der Waals surface area (Å²) in [6, 6.07) is 18.9. The van der Waals surface area contributed by atoms with Gasteiger partial charge in [0.15, 0.2) is 0 Å². The van der Waals surface area contributed by atoms with E-state index in [2.05, 4.69) is 83.3 Å². The van der Waals surface area contributed by atoms with E-state index in [1.54, 1.807) is 0 Å². The highest BCUT2D eigenvalue weighted by Crippen LogP contribution is 2.26. The number of rotatable bonds is 4. The molecule has 0 aliphatic carbocycles. The molecule has 0 radical (unpaired) electrons. The van der Waals surface area contributed by atoms with Gasteiger partial charge in [-0.05, 0) is 29.8 Å². The molecule has 3 heteroatoms. The monoisotopic (exact) mass is 352 g/mol. The molecule has 2 aromatic rings. The fourth-order valence-corrected chi connectivity index (χ4v) is 2.48. The van der Waals surface area contributed by atoms with E-state index in [4.69, 9.17) is 0 Å². The van der Waals surface area contributed by atoms with Gasteiger partial charge in [0.2, 0.25) is 0 Å². The zero-order chi connectivity index (χ0) is 13.0. The Labute approximate surface area is 122 Å². The minimum Gasteiger partial charge on any atom is -0.378 e. The highest BCUT2D eigenvalue weighted by atomic mass is 127. The smallest absolute Gasteiger partial charge is 0.104 e. The van der Waals surface area contributed by atoms with Crippen molar-refractivity contribution in [1.29, 1.82) is 0 Å². The number of hydrogen-bond acceptors (Lipinski definition) is 2. The number of alkyl halides is 1. The van der Waals surface area contributed by atoms with E-state index in [1.807, 2.05) is 18.2 Å². The SMILES string of the molecule is CN(C)c1ccc(C(I)Nc2ccccc2)cc1. The molecule has 0 aliphatic heterocycles. The minimum atomic E-state index is 0.279. The lowest BCUT2D eigenvalue weighted by Crippen LogP contribution is -2.09. The normalized spacial score (nSPS) is 11.9. The average Bonchev–Trinajstić information content (AvgIpc) is 2.40. The van der Waals surface area contributed by atoms with Crippen molar-refractivity contribution in [3.05, 3.63) is 60.2 Å². The second-order valence-electron chi connectivity index (χ2n) is 4.36. The largest absolute Gasteiger partial charge is 0.378 e. The third-order valence-electron chi connectivity index (χ3n) is 2.77. The first-order chi connectivity index (χ1) is 8.66. The molecule has 0 aliphatic rings. The summed E-state index contributed by atoms with van der Waals surface area (Å²) in [5.74, 6) is 0. The van der Waals surface area contributed by atoms with Crippen molar-refractivity contribution >= 4 is 34.0 Å². The first-order valence-electron chi connectivity index (χ1n) is 5.90. The van der Waals surface area contributed by atoms with E-state index in [-0.39, 0.29) is 4.05 Å². The topological polar surface area (TPSA) is 15.3 Å². The van der Waals surface area contributed by atoms with Gasteiger partial charge >= 0.3 is 0 Å². The van der Waals surface area contributed by atoms with Crippen LogP contribution in [0.4, 0.5) is 11.4 Å². The standard InChI is InChI=1S/C15H17IN2/c1-18(2)14-10-8-12(9-11-14)15(16)17-13-6-4-3-5-7-13/h3-11,15,17H,1-2H3. The summed E-state index contributed by atoms with van der Waals surface area (Å²) in [5, 5.41) is 3.48. The lowest BCUT2D eigenvalue weighted by Gasteiger charge is -2.16. The molecule has 1 N–H and O–H groups in total. The summed E-state index contributed by atoms with van der Waals surface area (Å²) in [4.78, 5) is 2.11. The summed E-state index contributed by atoms with van der Waals surface area (Å²) in [7, 11) is 4.11. The van der Waals surface area contributed by atoms with Gasteiger partial charge in [0.25, 0.3) is 0 Å². The molecular formula is C15H17IN2. The molecule has 0 heterocycles. The van der Waals surface area contributed by atoms with Gasteiger partial charge in [-0.25, -0.2) is 0 Å². The summed E-state index contributed by atoms with van der Waals surface area (Å²) in [5.41, 5.74) is 3.65. The molecule has 0 bridgehead atoms. The van der Waals surface area contributed by atoms with Crippen molar-refractivity contribution in [1.82, 2.24) is 0 Å². The Morgan fingerprint density at radius 1 is 0.944 bits per heavy atom. The zero-order valence-corrected chi connectivity index (χ0v) is 12.8. The molecule has 18 heavy (non-hydrogen) atoms. The molecule has 0 amide bonds. The molecule has 0 spiro atoms. The number of hydrogen-bond donors (Lipinski definition) is 1. The maximum Gasteiger partial charge on any atom is 0.104 e. The number of nitrogens with zero attached hydrogens (tertiary/aromatic N) is 1. The van der Waals surface area contributed by atoms with Crippen molar-refractivity contribution in [2.24, 2.45) is 0 Å². The maximum atomic E-state index is 3.48. The van der Waals surface area contributed by atoms with Crippen LogP contribution in [0.2, 0.25) is 0 Å². The molecule has 0 saturated carbocycles. The molecule has 0 fully saturated rings. The van der Waals surface area contributed by atoms with Crippen molar-refractivity contribution in [2.45, 2.75) is 4.05 Å². The van der Waals surface area contributed by atoms with Crippen LogP contribution in [0.3, 0.4) is 0 Å². The Bertz CT molecular complexity index is 480. The lowest BCUT2D eigenvalue weighted by molar-refractivity contribution is 1.11. The van der Waals surface area contributed by atoms with E-state index in [1.165, 1.54) is 11.3 Å². The lowest BCUT2D eigenvalue weighted by atomic mass is 10.2. The van der Waals surface area contributed by atoms with Crippen molar-refractivity contribution in [3.8, 4) is 0 Å². The van der Waals surface area contributed by atoms with Crippen LogP contribution in [-0.2, 0) is 0 Å². The van der Waals surface area contributed by atoms with Crippen LogP contribution >= 0.6 is 22.6 Å². The van der Waals surface area contributed by atoms with Gasteiger partial charge < -0.3 is 10.2 Å². The maximum absolute atomic E-state index is 3.48. The highest BCUT2D eigenvalue weighted by Gasteiger charge is 2.06. The first kappa shape index (κ1) is 13.2. The molecule has 1 unspecified atom stereocenters. The van der Waals surface area contributed by atoms with Crippen molar-refractivity contribution < 1.29 is 0 Å². The molecular weight excluding hydrogens is 335 g/mol. The number of nitrogens with one attached hydrogen (secondary N) is 1. The molecule has 2 nitrogen and oxygen atoms in total. The third kappa shape index (κ3) is 3.38. The van der Waals surface area contributed by atoms with Crippen LogP contribution in [0.25, 0.3) is 0 Å². The number of para-hydroxylation sites is 1. The second-order valence-corrected chi connectivity index (χ2v) is 5.60. The Balaban J connectivity index is 2.07. The number of halogens is 1. The Hall–Kier alpha value is -1.23. The third-order valence-corrected chi connectivity index (χ3v) is 3.80. The number of benzene rings is 2. The van der Waals surface area contributed by atoms with Crippen LogP contribution in [0, 0.1) is 0 Å². The zero-order valence-electron chi connectivity index (χ0n) is 10.6. The minimum absolute atomic E-state index is 0.279. The Kier molecular flexibility index (Phi) is 4.47. The van der Waals surface area contributed by atoms with Crippen molar-refractivity contribution in [3.63, 3.8) is 0 Å². The van der Waals surface area contributed by atoms with Gasteiger partial charge in [-0.1, -0.05) is 52.9 Å². The van der Waals surface area contributed by atoms with Gasteiger partial charge in [-0.2, -0.15) is 0 Å². The van der Waals surface area contributed by atoms with Gasteiger partial charge in [-0.3, -0.25) is 0 Å². The van der Waals surface area contributed by atoms with E-state index >= 15 is 0 Å². The van der Waals surface area contributed by atoms with Gasteiger partial charge in [0, 0.05) is 25.5 Å². The highest BCUT2D eigenvalue weighted by molar-refractivity contribution is 14.1. The number of anilines is 2. The Morgan fingerprint density at radius 2 is 1.56 bits per heavy atom. The van der Waals surface area contributed by atoms with Crippen LogP contribution in [0.1, 0.15) is 9.61 Å². The second kappa shape index (κ2) is 6.09. The summed E-state index contributed by atoms with van der Waals surface area (Å²) in [6.07, 6.45) is 0. The van der Waals surface area contributed by atoms with Crippen LogP contribution in [0.15, 0.2) is 54.6 Å². The molecule has 0 saturated heterocycles. The average molecular weight is 352 g/mol. The molecule has 2 rings (SSSR count). The van der Waals surface area contributed by atoms with Crippen LogP contribution in [0.5, 0.6) is 0 Å². The Morgan fingerprint density at radius 3 is 2.11 bits per heavy atom.